The van der Waals surface area contributed by atoms with Crippen LogP contribution in [0.15, 0.2) is 158 Å². The molecule has 0 fully saturated rings. The Hall–Kier alpha value is -3.95. The molecule has 0 aliphatic heterocycles. The van der Waals surface area contributed by atoms with Gasteiger partial charge in [-0.3, -0.25) is 13.9 Å². The van der Waals surface area contributed by atoms with Crippen LogP contribution in [0.25, 0.3) is 0 Å². The third-order valence-electron chi connectivity index (χ3n) is 6.34. The summed E-state index contributed by atoms with van der Waals surface area (Å²) < 4.78 is 17.9. The summed E-state index contributed by atoms with van der Waals surface area (Å²) in [5, 5.41) is 4.71. The van der Waals surface area contributed by atoms with Gasteiger partial charge in [0.05, 0.1) is 4.90 Å². The molecule has 0 radical (unpaired) electrons. The van der Waals surface area contributed by atoms with Crippen molar-refractivity contribution < 1.29 is 18.1 Å². The number of carbonyl (C=O) groups excluding carboxylic acids is 2. The van der Waals surface area contributed by atoms with E-state index in [9.17, 15) is 13.8 Å². The number of carbonyl (C=O) groups is 2. The molecule has 0 amide bonds. The fourth-order valence-corrected chi connectivity index (χ4v) is 6.48. The Labute approximate surface area is 272 Å². The van der Waals surface area contributed by atoms with E-state index in [1.54, 1.807) is 60.3 Å². The SMILES string of the molecule is O=C(/C(CCSc1ccc(Cl)cc1)=N/OS(=O)c1ccccc1)c1ccc(Sc2ccc(C(=O)c3ccccc3)cc2)cc1. The molecule has 5 rings (SSSR count). The maximum atomic E-state index is 13.5. The van der Waals surface area contributed by atoms with Crippen molar-refractivity contribution in [1.29, 1.82) is 0 Å². The normalized spacial score (nSPS) is 12.0. The standard InChI is InChI=1S/C35H26ClNO4S3/c36-28-15-21-29(22-16-28)42-24-23-33(37-41-44(40)32-9-5-2-6-10-32)35(39)27-13-19-31(20-14-27)43-30-17-11-26(12-18-30)34(38)25-7-3-1-4-8-25/h1-22H,23-24H2/b37-33+. The van der Waals surface area contributed by atoms with Gasteiger partial charge in [-0.25, -0.2) is 4.21 Å². The molecule has 220 valence electrons. The first kappa shape index (κ1) is 31.5. The number of halogens is 1. The van der Waals surface area contributed by atoms with E-state index in [1.807, 2.05) is 84.9 Å². The average Bonchev–Trinajstić information content (AvgIpc) is 3.08. The molecule has 1 atom stereocenters. The highest BCUT2D eigenvalue weighted by Gasteiger charge is 2.17. The minimum absolute atomic E-state index is 0.0226. The minimum atomic E-state index is -1.85. The Bertz CT molecular complexity index is 1760. The van der Waals surface area contributed by atoms with Gasteiger partial charge in [0.1, 0.15) is 5.71 Å². The van der Waals surface area contributed by atoms with Crippen LogP contribution in [0.2, 0.25) is 5.02 Å². The van der Waals surface area contributed by atoms with Crippen molar-refractivity contribution in [2.75, 3.05) is 5.75 Å². The maximum Gasteiger partial charge on any atom is 0.265 e. The third-order valence-corrected chi connectivity index (χ3v) is 9.49. The molecule has 0 aliphatic carbocycles. The van der Waals surface area contributed by atoms with Gasteiger partial charge in [0.25, 0.3) is 11.1 Å². The average molecular weight is 656 g/mol. The van der Waals surface area contributed by atoms with Crippen LogP contribution in [0.4, 0.5) is 0 Å². The molecule has 1 unspecified atom stereocenters. The van der Waals surface area contributed by atoms with Crippen LogP contribution in [0, 0.1) is 0 Å². The third kappa shape index (κ3) is 8.80. The molecule has 0 bridgehead atoms. The lowest BCUT2D eigenvalue weighted by Crippen LogP contribution is -2.16. The molecule has 0 saturated carbocycles. The van der Waals surface area contributed by atoms with Crippen molar-refractivity contribution in [3.8, 4) is 0 Å². The maximum absolute atomic E-state index is 13.5. The summed E-state index contributed by atoms with van der Waals surface area (Å²) in [5.41, 5.74) is 1.90. The molecule has 0 aromatic heterocycles. The summed E-state index contributed by atoms with van der Waals surface area (Å²) in [6, 6.07) is 40.0. The van der Waals surface area contributed by atoms with Gasteiger partial charge in [-0.05, 0) is 84.9 Å². The lowest BCUT2D eigenvalue weighted by atomic mass is 10.0. The van der Waals surface area contributed by atoms with E-state index in [0.717, 1.165) is 14.7 Å². The molecule has 9 heteroatoms. The summed E-state index contributed by atoms with van der Waals surface area (Å²) >= 11 is 7.23. The first-order valence-corrected chi connectivity index (χ1v) is 16.8. The van der Waals surface area contributed by atoms with Gasteiger partial charge < -0.3 is 0 Å². The van der Waals surface area contributed by atoms with Crippen LogP contribution in [0.1, 0.15) is 32.7 Å². The second-order valence-electron chi connectivity index (χ2n) is 9.39. The van der Waals surface area contributed by atoms with Gasteiger partial charge in [-0.15, -0.1) is 11.8 Å². The number of hydrogen-bond donors (Lipinski definition) is 0. The number of oxime groups is 1. The van der Waals surface area contributed by atoms with E-state index < -0.39 is 11.1 Å². The highest BCUT2D eigenvalue weighted by Crippen LogP contribution is 2.29. The highest BCUT2D eigenvalue weighted by molar-refractivity contribution is 7.99. The fraction of sp³-hybridized carbons (Fsp3) is 0.0571. The Morgan fingerprint density at radius 3 is 1.80 bits per heavy atom. The first-order valence-electron chi connectivity index (χ1n) is 13.6. The Morgan fingerprint density at radius 1 is 0.659 bits per heavy atom. The number of ketones is 2. The smallest absolute Gasteiger partial charge is 0.265 e. The van der Waals surface area contributed by atoms with Crippen LogP contribution in [0.3, 0.4) is 0 Å². The number of nitrogens with zero attached hydrogens (tertiary/aromatic N) is 1. The van der Waals surface area contributed by atoms with E-state index in [-0.39, 0.29) is 17.3 Å². The summed E-state index contributed by atoms with van der Waals surface area (Å²) in [4.78, 5) is 29.6. The number of hydrogen-bond acceptors (Lipinski definition) is 7. The molecule has 5 nitrogen and oxygen atoms in total. The van der Waals surface area contributed by atoms with Gasteiger partial charge in [0.2, 0.25) is 5.78 Å². The Morgan fingerprint density at radius 2 is 1.18 bits per heavy atom. The second-order valence-corrected chi connectivity index (χ2v) is 13.2. The van der Waals surface area contributed by atoms with E-state index in [0.29, 0.717) is 38.8 Å². The predicted octanol–water partition coefficient (Wildman–Crippen LogP) is 9.18. The number of Topliss-reactive ketones (excluding diaryl/α,β-unsaturated/α-hetero) is 1. The van der Waals surface area contributed by atoms with E-state index in [4.69, 9.17) is 15.9 Å². The quantitative estimate of drug-likeness (QED) is 0.0545. The molecule has 0 saturated heterocycles. The molecular formula is C35H26ClNO4S3. The van der Waals surface area contributed by atoms with Crippen molar-refractivity contribution in [3.05, 3.63) is 155 Å². The van der Waals surface area contributed by atoms with Crippen LogP contribution in [0.5, 0.6) is 0 Å². The molecule has 44 heavy (non-hydrogen) atoms. The molecule has 0 N–H and O–H groups in total. The van der Waals surface area contributed by atoms with Gasteiger partial charge in [-0.2, -0.15) is 0 Å². The lowest BCUT2D eigenvalue weighted by molar-refractivity contribution is 0.103. The molecular weight excluding hydrogens is 630 g/mol. The van der Waals surface area contributed by atoms with Crippen molar-refractivity contribution in [1.82, 2.24) is 0 Å². The zero-order chi connectivity index (χ0) is 30.7. The van der Waals surface area contributed by atoms with Crippen molar-refractivity contribution in [3.63, 3.8) is 0 Å². The van der Waals surface area contributed by atoms with E-state index in [2.05, 4.69) is 5.16 Å². The highest BCUT2D eigenvalue weighted by atomic mass is 35.5. The van der Waals surface area contributed by atoms with Gasteiger partial charge in [-0.1, -0.05) is 77.0 Å². The molecule has 5 aromatic rings. The summed E-state index contributed by atoms with van der Waals surface area (Å²) in [5.74, 6) is 0.238. The van der Waals surface area contributed by atoms with Crippen LogP contribution in [-0.4, -0.2) is 27.2 Å². The topological polar surface area (TPSA) is 72.8 Å². The van der Waals surface area contributed by atoms with Gasteiger partial charge >= 0.3 is 0 Å². The zero-order valence-corrected chi connectivity index (χ0v) is 26.5. The lowest BCUT2D eigenvalue weighted by Gasteiger charge is -2.08. The second kappa shape index (κ2) is 15.7. The van der Waals surface area contributed by atoms with Crippen LogP contribution < -0.4 is 0 Å². The van der Waals surface area contributed by atoms with Gasteiger partial charge in [0.15, 0.2) is 5.78 Å². The monoisotopic (exact) mass is 655 g/mol. The number of rotatable bonds is 13. The first-order chi connectivity index (χ1) is 21.5. The largest absolute Gasteiger partial charge is 0.289 e. The minimum Gasteiger partial charge on any atom is -0.289 e. The summed E-state index contributed by atoms with van der Waals surface area (Å²) in [6.07, 6.45) is 0.308. The van der Waals surface area contributed by atoms with E-state index in [1.165, 1.54) is 11.8 Å². The molecule has 5 aromatic carbocycles. The van der Waals surface area contributed by atoms with Crippen molar-refractivity contribution in [2.45, 2.75) is 26.0 Å². The van der Waals surface area contributed by atoms with Crippen molar-refractivity contribution in [2.24, 2.45) is 5.16 Å². The van der Waals surface area contributed by atoms with Crippen LogP contribution in [-0.2, 0) is 15.4 Å². The molecule has 0 spiro atoms. The number of thioether (sulfide) groups is 1. The van der Waals surface area contributed by atoms with Crippen LogP contribution >= 0.6 is 35.1 Å². The molecule has 0 aliphatic rings. The van der Waals surface area contributed by atoms with E-state index >= 15 is 0 Å². The summed E-state index contributed by atoms with van der Waals surface area (Å²) in [7, 11) is 0. The summed E-state index contributed by atoms with van der Waals surface area (Å²) in [6.45, 7) is 0. The van der Waals surface area contributed by atoms with Crippen molar-refractivity contribution >= 4 is 63.5 Å². The molecule has 0 heterocycles. The Kier molecular flexibility index (Phi) is 11.2. The zero-order valence-electron chi connectivity index (χ0n) is 23.3. The predicted molar refractivity (Wildman–Crippen MR) is 179 cm³/mol. The number of benzene rings is 5. The Balaban J connectivity index is 1.25. The fourth-order valence-electron chi connectivity index (χ4n) is 4.06. The van der Waals surface area contributed by atoms with Gasteiger partial charge in [0, 0.05) is 48.6 Å².